The number of amides is 1. The van der Waals surface area contributed by atoms with Crippen molar-refractivity contribution in [3.8, 4) is 17.2 Å². The van der Waals surface area contributed by atoms with Crippen LogP contribution in [0.3, 0.4) is 0 Å². The standard InChI is InChI=1S/C19H19F3N2O5/c1-3-27-16-9-4-13(10-17(16)26-2)11-23-28-12-18(25)24-14-5-7-15(8-6-14)29-19(20,21)22/h4-11H,3,12H2,1-2H3,(H,24,25)/b23-11-. The highest BCUT2D eigenvalue weighted by Gasteiger charge is 2.30. The Morgan fingerprint density at radius 3 is 2.48 bits per heavy atom. The monoisotopic (exact) mass is 412 g/mol. The summed E-state index contributed by atoms with van der Waals surface area (Å²) in [5.74, 6) is 0.212. The number of anilines is 1. The second-order valence-electron chi connectivity index (χ2n) is 5.47. The Bertz CT molecular complexity index is 839. The Morgan fingerprint density at radius 1 is 1.14 bits per heavy atom. The van der Waals surface area contributed by atoms with Gasteiger partial charge in [0, 0.05) is 11.3 Å². The van der Waals surface area contributed by atoms with E-state index in [0.29, 0.717) is 23.7 Å². The highest BCUT2D eigenvalue weighted by Crippen LogP contribution is 2.27. The predicted octanol–water partition coefficient (Wildman–Crippen LogP) is 3.98. The van der Waals surface area contributed by atoms with E-state index in [1.165, 1.54) is 25.5 Å². The van der Waals surface area contributed by atoms with Crippen molar-refractivity contribution in [1.82, 2.24) is 0 Å². The SMILES string of the molecule is CCOc1ccc(/C=N\OCC(=O)Nc2ccc(OC(F)(F)F)cc2)cc1OC. The van der Waals surface area contributed by atoms with Crippen LogP contribution in [0.4, 0.5) is 18.9 Å². The van der Waals surface area contributed by atoms with Crippen molar-refractivity contribution in [1.29, 1.82) is 0 Å². The number of ether oxygens (including phenoxy) is 3. The fourth-order valence-corrected chi connectivity index (χ4v) is 2.17. The fraction of sp³-hybridized carbons (Fsp3) is 0.263. The second-order valence-corrected chi connectivity index (χ2v) is 5.47. The van der Waals surface area contributed by atoms with Gasteiger partial charge in [-0.3, -0.25) is 4.79 Å². The normalized spacial score (nSPS) is 11.2. The number of hydrogen-bond donors (Lipinski definition) is 1. The quantitative estimate of drug-likeness (QED) is 0.498. The first kappa shape index (κ1) is 21.9. The maximum absolute atomic E-state index is 12.1. The molecule has 1 N–H and O–H groups in total. The first-order valence-corrected chi connectivity index (χ1v) is 8.42. The molecule has 0 bridgehead atoms. The number of hydrogen-bond acceptors (Lipinski definition) is 6. The molecule has 2 aromatic carbocycles. The van der Waals surface area contributed by atoms with Gasteiger partial charge in [0.2, 0.25) is 0 Å². The van der Waals surface area contributed by atoms with Crippen LogP contribution in [0.1, 0.15) is 12.5 Å². The summed E-state index contributed by atoms with van der Waals surface area (Å²) in [5.41, 5.74) is 0.958. The first-order chi connectivity index (χ1) is 13.8. The molecule has 0 radical (unpaired) electrons. The summed E-state index contributed by atoms with van der Waals surface area (Å²) in [4.78, 5) is 16.7. The number of carbonyl (C=O) groups is 1. The number of rotatable bonds is 9. The number of alkyl halides is 3. The lowest BCUT2D eigenvalue weighted by Gasteiger charge is -2.10. The molecule has 10 heteroatoms. The molecule has 0 unspecified atom stereocenters. The van der Waals surface area contributed by atoms with Crippen LogP contribution in [0, 0.1) is 0 Å². The topological polar surface area (TPSA) is 78.4 Å². The summed E-state index contributed by atoms with van der Waals surface area (Å²) < 4.78 is 50.7. The average Bonchev–Trinajstić information content (AvgIpc) is 2.67. The van der Waals surface area contributed by atoms with Crippen LogP contribution in [0.15, 0.2) is 47.6 Å². The smallest absolute Gasteiger partial charge is 0.493 e. The first-order valence-electron chi connectivity index (χ1n) is 8.42. The van der Waals surface area contributed by atoms with Gasteiger partial charge >= 0.3 is 6.36 Å². The lowest BCUT2D eigenvalue weighted by Crippen LogP contribution is -2.18. The highest BCUT2D eigenvalue weighted by atomic mass is 19.4. The van der Waals surface area contributed by atoms with Gasteiger partial charge in [0.05, 0.1) is 19.9 Å². The van der Waals surface area contributed by atoms with Crippen molar-refractivity contribution in [3.63, 3.8) is 0 Å². The summed E-state index contributed by atoms with van der Waals surface area (Å²) in [6.07, 6.45) is -3.38. The maximum atomic E-state index is 12.1. The van der Waals surface area contributed by atoms with E-state index in [1.807, 2.05) is 6.92 Å². The molecule has 7 nitrogen and oxygen atoms in total. The number of benzene rings is 2. The number of nitrogens with zero attached hydrogens (tertiary/aromatic N) is 1. The minimum absolute atomic E-state index is 0.286. The minimum atomic E-state index is -4.77. The largest absolute Gasteiger partial charge is 0.573 e. The van der Waals surface area contributed by atoms with Gasteiger partial charge in [-0.05, 0) is 49.4 Å². The van der Waals surface area contributed by atoms with Crippen molar-refractivity contribution < 1.29 is 37.0 Å². The van der Waals surface area contributed by atoms with E-state index in [4.69, 9.17) is 14.3 Å². The van der Waals surface area contributed by atoms with E-state index in [-0.39, 0.29) is 18.0 Å². The summed E-state index contributed by atoms with van der Waals surface area (Å²) in [6.45, 7) is 1.98. The Balaban J connectivity index is 1.82. The molecule has 0 heterocycles. The van der Waals surface area contributed by atoms with Gasteiger partial charge in [-0.25, -0.2) is 0 Å². The number of nitrogens with one attached hydrogen (secondary N) is 1. The lowest BCUT2D eigenvalue weighted by atomic mass is 10.2. The van der Waals surface area contributed by atoms with E-state index in [0.717, 1.165) is 12.1 Å². The van der Waals surface area contributed by atoms with Crippen molar-refractivity contribution in [2.75, 3.05) is 25.6 Å². The van der Waals surface area contributed by atoms with Gasteiger partial charge in [-0.15, -0.1) is 13.2 Å². The zero-order valence-corrected chi connectivity index (χ0v) is 15.7. The molecular weight excluding hydrogens is 393 g/mol. The molecule has 0 atom stereocenters. The molecule has 0 saturated heterocycles. The Labute approximate surface area is 165 Å². The van der Waals surface area contributed by atoms with Crippen LogP contribution in [-0.4, -0.2) is 38.8 Å². The van der Waals surface area contributed by atoms with E-state index in [2.05, 4.69) is 15.2 Å². The molecule has 0 aliphatic carbocycles. The number of carbonyl (C=O) groups excluding carboxylic acids is 1. The lowest BCUT2D eigenvalue weighted by molar-refractivity contribution is -0.274. The third-order valence-electron chi connectivity index (χ3n) is 3.33. The zero-order chi connectivity index (χ0) is 21.3. The third-order valence-corrected chi connectivity index (χ3v) is 3.33. The van der Waals surface area contributed by atoms with Crippen LogP contribution in [0.5, 0.6) is 17.2 Å². The number of halogens is 3. The Kier molecular flexibility index (Phi) is 7.70. The van der Waals surface area contributed by atoms with Crippen LogP contribution in [0.25, 0.3) is 0 Å². The van der Waals surface area contributed by atoms with Crippen molar-refractivity contribution in [2.45, 2.75) is 13.3 Å². The Morgan fingerprint density at radius 2 is 1.86 bits per heavy atom. The van der Waals surface area contributed by atoms with E-state index < -0.39 is 12.3 Å². The Hall–Kier alpha value is -3.43. The third kappa shape index (κ3) is 7.60. The molecule has 0 aliphatic rings. The molecule has 2 rings (SSSR count). The molecule has 0 aliphatic heterocycles. The molecule has 29 heavy (non-hydrogen) atoms. The van der Waals surface area contributed by atoms with Crippen LogP contribution in [-0.2, 0) is 9.63 Å². The second kappa shape index (κ2) is 10.2. The van der Waals surface area contributed by atoms with Crippen molar-refractivity contribution in [3.05, 3.63) is 48.0 Å². The molecule has 156 valence electrons. The minimum Gasteiger partial charge on any atom is -0.493 e. The maximum Gasteiger partial charge on any atom is 0.573 e. The van der Waals surface area contributed by atoms with E-state index in [9.17, 15) is 18.0 Å². The number of methoxy groups -OCH3 is 1. The van der Waals surface area contributed by atoms with Crippen molar-refractivity contribution >= 4 is 17.8 Å². The van der Waals surface area contributed by atoms with Gasteiger partial charge in [0.25, 0.3) is 5.91 Å². The van der Waals surface area contributed by atoms with Crippen molar-refractivity contribution in [2.24, 2.45) is 5.16 Å². The summed E-state index contributed by atoms with van der Waals surface area (Å²) in [7, 11) is 1.52. The summed E-state index contributed by atoms with van der Waals surface area (Å²) in [6, 6.07) is 9.88. The van der Waals surface area contributed by atoms with E-state index >= 15 is 0 Å². The molecular formula is C19H19F3N2O5. The van der Waals surface area contributed by atoms with Gasteiger partial charge in [0.15, 0.2) is 18.1 Å². The van der Waals surface area contributed by atoms with Gasteiger partial charge in [0.1, 0.15) is 5.75 Å². The van der Waals surface area contributed by atoms with Gasteiger partial charge in [-0.1, -0.05) is 5.16 Å². The van der Waals surface area contributed by atoms with Gasteiger partial charge in [-0.2, -0.15) is 0 Å². The zero-order valence-electron chi connectivity index (χ0n) is 15.7. The highest BCUT2D eigenvalue weighted by molar-refractivity contribution is 5.91. The molecule has 0 spiro atoms. The predicted molar refractivity (Wildman–Crippen MR) is 99.5 cm³/mol. The molecule has 2 aromatic rings. The molecule has 1 amide bonds. The van der Waals surface area contributed by atoms with Gasteiger partial charge < -0.3 is 24.4 Å². The summed E-state index contributed by atoms with van der Waals surface area (Å²) in [5, 5.41) is 6.16. The summed E-state index contributed by atoms with van der Waals surface area (Å²) >= 11 is 0. The molecule has 0 fully saturated rings. The van der Waals surface area contributed by atoms with E-state index in [1.54, 1.807) is 18.2 Å². The number of oxime groups is 1. The van der Waals surface area contributed by atoms with Crippen LogP contribution in [0.2, 0.25) is 0 Å². The van der Waals surface area contributed by atoms with Crippen LogP contribution >= 0.6 is 0 Å². The molecule has 0 aromatic heterocycles. The fourth-order valence-electron chi connectivity index (χ4n) is 2.17. The van der Waals surface area contributed by atoms with Crippen LogP contribution < -0.4 is 19.5 Å². The average molecular weight is 412 g/mol. The molecule has 0 saturated carbocycles.